The molecule has 4 heteroatoms. The molecular weight excluding hydrogens is 316 g/mol. The van der Waals surface area contributed by atoms with E-state index in [0.29, 0.717) is 35.0 Å². The Morgan fingerprint density at radius 2 is 2.04 bits per heavy atom. The quantitative estimate of drug-likeness (QED) is 0.617. The Bertz CT molecular complexity index is 858. The lowest BCUT2D eigenvalue weighted by molar-refractivity contribution is 0.100. The van der Waals surface area contributed by atoms with Gasteiger partial charge in [-0.2, -0.15) is 0 Å². The van der Waals surface area contributed by atoms with E-state index in [9.17, 15) is 4.79 Å². The number of hydrogen-bond acceptors (Lipinski definition) is 4. The van der Waals surface area contributed by atoms with Gasteiger partial charge in [-0.15, -0.1) is 6.42 Å². The van der Waals surface area contributed by atoms with Gasteiger partial charge in [0.2, 0.25) is 0 Å². The summed E-state index contributed by atoms with van der Waals surface area (Å²) >= 11 is 0. The average molecular weight is 334 g/mol. The van der Waals surface area contributed by atoms with Crippen molar-refractivity contribution in [3.63, 3.8) is 0 Å². The number of ketones is 1. The van der Waals surface area contributed by atoms with Crippen molar-refractivity contribution in [2.24, 2.45) is 0 Å². The van der Waals surface area contributed by atoms with Gasteiger partial charge in [-0.3, -0.25) is 4.79 Å². The summed E-state index contributed by atoms with van der Waals surface area (Å²) in [5, 5.41) is 0. The highest BCUT2D eigenvalue weighted by atomic mass is 16.5. The first-order valence-electron chi connectivity index (χ1n) is 8.03. The van der Waals surface area contributed by atoms with Gasteiger partial charge in [0.15, 0.2) is 17.3 Å². The number of Topliss-reactive ketones (excluding diaryl/α,β-unsaturated/α-hetero) is 1. The highest BCUT2D eigenvalue weighted by Gasteiger charge is 2.22. The van der Waals surface area contributed by atoms with Crippen molar-refractivity contribution in [2.45, 2.75) is 6.92 Å². The predicted octanol–water partition coefficient (Wildman–Crippen LogP) is 3.76. The summed E-state index contributed by atoms with van der Waals surface area (Å²) in [6, 6.07) is 12.7. The van der Waals surface area contributed by atoms with Crippen LogP contribution in [0.1, 0.15) is 22.8 Å². The topological polar surface area (TPSA) is 44.8 Å². The molecule has 0 radical (unpaired) electrons. The fourth-order valence-corrected chi connectivity index (χ4v) is 2.60. The Labute approximate surface area is 147 Å². The zero-order valence-electron chi connectivity index (χ0n) is 14.0. The Kier molecular flexibility index (Phi) is 5.06. The zero-order valence-corrected chi connectivity index (χ0v) is 14.0. The molecule has 4 nitrogen and oxygen atoms in total. The maximum Gasteiger partial charge on any atom is 0.196 e. The van der Waals surface area contributed by atoms with E-state index < -0.39 is 0 Å². The average Bonchev–Trinajstić information content (AvgIpc) is 2.64. The minimum atomic E-state index is -0.0209. The summed E-state index contributed by atoms with van der Waals surface area (Å²) in [7, 11) is 0. The second-order valence-electron chi connectivity index (χ2n) is 5.42. The highest BCUT2D eigenvalue weighted by Crippen LogP contribution is 2.31. The minimum absolute atomic E-state index is 0.0209. The monoisotopic (exact) mass is 334 g/mol. The van der Waals surface area contributed by atoms with Gasteiger partial charge >= 0.3 is 0 Å². The van der Waals surface area contributed by atoms with Crippen LogP contribution in [0.2, 0.25) is 0 Å². The lowest BCUT2D eigenvalue weighted by atomic mass is 9.98. The van der Waals surface area contributed by atoms with Crippen LogP contribution < -0.4 is 14.2 Å². The van der Waals surface area contributed by atoms with Crippen molar-refractivity contribution in [1.29, 1.82) is 0 Å². The number of ether oxygens (including phenoxy) is 3. The van der Waals surface area contributed by atoms with E-state index in [4.69, 9.17) is 20.6 Å². The van der Waals surface area contributed by atoms with E-state index >= 15 is 0 Å². The van der Waals surface area contributed by atoms with E-state index in [2.05, 4.69) is 5.92 Å². The van der Waals surface area contributed by atoms with Gasteiger partial charge in [0.25, 0.3) is 0 Å². The van der Waals surface area contributed by atoms with Crippen molar-refractivity contribution >= 4 is 11.9 Å². The molecule has 0 saturated heterocycles. The van der Waals surface area contributed by atoms with Gasteiger partial charge in [0.1, 0.15) is 19.0 Å². The number of terminal acetylenes is 1. The van der Waals surface area contributed by atoms with Gasteiger partial charge in [-0.25, -0.2) is 0 Å². The maximum absolute atomic E-state index is 12.6. The van der Waals surface area contributed by atoms with Crippen LogP contribution in [0.5, 0.6) is 17.2 Å². The Morgan fingerprint density at radius 3 is 2.84 bits per heavy atom. The van der Waals surface area contributed by atoms with Gasteiger partial charge < -0.3 is 14.2 Å². The first-order valence-corrected chi connectivity index (χ1v) is 8.03. The standard InChI is InChI=1S/C21H18O4/c1-3-11-24-19-10-9-15(13-20(19)23-4-2)12-16-14-25-18-8-6-5-7-17(18)21(16)22/h1,5-10,12-13H,4,11,14H2,2H3/b16-12+. The number of rotatable bonds is 5. The van der Waals surface area contributed by atoms with Crippen molar-refractivity contribution in [3.05, 3.63) is 59.2 Å². The second-order valence-corrected chi connectivity index (χ2v) is 5.42. The molecule has 0 spiro atoms. The van der Waals surface area contributed by atoms with E-state index in [0.717, 1.165) is 5.56 Å². The van der Waals surface area contributed by atoms with Gasteiger partial charge in [-0.05, 0) is 42.8 Å². The normalized spacial score (nSPS) is 14.4. The van der Waals surface area contributed by atoms with E-state index in [1.165, 1.54) is 0 Å². The van der Waals surface area contributed by atoms with Crippen LogP contribution >= 0.6 is 0 Å². The molecule has 126 valence electrons. The molecule has 1 heterocycles. The molecule has 0 fully saturated rings. The molecule has 2 aromatic carbocycles. The van der Waals surface area contributed by atoms with Crippen molar-refractivity contribution in [2.75, 3.05) is 19.8 Å². The van der Waals surface area contributed by atoms with Crippen LogP contribution in [0, 0.1) is 12.3 Å². The van der Waals surface area contributed by atoms with E-state index in [1.807, 2.05) is 37.3 Å². The van der Waals surface area contributed by atoms with E-state index in [1.54, 1.807) is 18.2 Å². The van der Waals surface area contributed by atoms with Gasteiger partial charge in [0.05, 0.1) is 12.2 Å². The summed E-state index contributed by atoms with van der Waals surface area (Å²) in [4.78, 5) is 12.6. The van der Waals surface area contributed by atoms with Gasteiger partial charge in [0, 0.05) is 5.57 Å². The van der Waals surface area contributed by atoms with Crippen LogP contribution in [0.4, 0.5) is 0 Å². The van der Waals surface area contributed by atoms with Crippen LogP contribution in [-0.2, 0) is 0 Å². The summed E-state index contributed by atoms with van der Waals surface area (Å²) in [6.07, 6.45) is 7.04. The van der Waals surface area contributed by atoms with E-state index in [-0.39, 0.29) is 19.0 Å². The predicted molar refractivity (Wildman–Crippen MR) is 96.2 cm³/mol. The lowest BCUT2D eigenvalue weighted by Crippen LogP contribution is -2.18. The van der Waals surface area contributed by atoms with Gasteiger partial charge in [-0.1, -0.05) is 24.1 Å². The molecule has 0 atom stereocenters. The zero-order chi connectivity index (χ0) is 17.6. The number of carbonyl (C=O) groups is 1. The van der Waals surface area contributed by atoms with Crippen molar-refractivity contribution in [3.8, 4) is 29.6 Å². The Morgan fingerprint density at radius 1 is 1.20 bits per heavy atom. The van der Waals surface area contributed by atoms with Crippen LogP contribution in [-0.4, -0.2) is 25.6 Å². The molecule has 0 unspecified atom stereocenters. The fourth-order valence-electron chi connectivity index (χ4n) is 2.60. The summed E-state index contributed by atoms with van der Waals surface area (Å²) in [6.45, 7) is 2.81. The third-order valence-corrected chi connectivity index (χ3v) is 3.73. The number of carbonyl (C=O) groups excluding carboxylic acids is 1. The van der Waals surface area contributed by atoms with Crippen LogP contribution in [0.15, 0.2) is 48.0 Å². The smallest absolute Gasteiger partial charge is 0.196 e. The molecule has 1 aliphatic rings. The third-order valence-electron chi connectivity index (χ3n) is 3.73. The molecule has 0 aliphatic carbocycles. The lowest BCUT2D eigenvalue weighted by Gasteiger charge is -2.18. The number of fused-ring (bicyclic) bond motifs is 1. The molecule has 2 aromatic rings. The molecule has 0 amide bonds. The summed E-state index contributed by atoms with van der Waals surface area (Å²) in [5.41, 5.74) is 2.01. The number of hydrogen-bond donors (Lipinski definition) is 0. The number of benzene rings is 2. The highest BCUT2D eigenvalue weighted by molar-refractivity contribution is 6.14. The third kappa shape index (κ3) is 3.67. The Balaban J connectivity index is 1.90. The Hall–Kier alpha value is -3.19. The first-order chi connectivity index (χ1) is 12.2. The summed E-state index contributed by atoms with van der Waals surface area (Å²) < 4.78 is 16.8. The minimum Gasteiger partial charge on any atom is -0.490 e. The van der Waals surface area contributed by atoms with Crippen LogP contribution in [0.25, 0.3) is 6.08 Å². The summed E-state index contributed by atoms with van der Waals surface area (Å²) in [5.74, 6) is 4.21. The largest absolute Gasteiger partial charge is 0.490 e. The number of para-hydroxylation sites is 1. The second kappa shape index (κ2) is 7.59. The molecule has 1 aliphatic heterocycles. The SMILES string of the molecule is C#CCOc1ccc(/C=C2\COc3ccccc3C2=O)cc1OCC. The molecule has 0 saturated carbocycles. The van der Waals surface area contributed by atoms with Crippen molar-refractivity contribution in [1.82, 2.24) is 0 Å². The van der Waals surface area contributed by atoms with Crippen molar-refractivity contribution < 1.29 is 19.0 Å². The first kappa shape index (κ1) is 16.7. The molecule has 3 rings (SSSR count). The maximum atomic E-state index is 12.6. The molecular formula is C21H18O4. The fraction of sp³-hybridized carbons (Fsp3) is 0.190. The molecule has 0 bridgehead atoms. The molecule has 0 aromatic heterocycles. The molecule has 25 heavy (non-hydrogen) atoms. The molecule has 0 N–H and O–H groups in total. The van der Waals surface area contributed by atoms with Crippen LogP contribution in [0.3, 0.4) is 0 Å².